The smallest absolute Gasteiger partial charge is 0.325 e. The van der Waals surface area contributed by atoms with Crippen molar-refractivity contribution in [3.63, 3.8) is 0 Å². The van der Waals surface area contributed by atoms with Crippen LogP contribution in [0.15, 0.2) is 18.5 Å². The maximum atomic E-state index is 12.3. The van der Waals surface area contributed by atoms with Crippen molar-refractivity contribution in [2.75, 3.05) is 26.8 Å². The van der Waals surface area contributed by atoms with Gasteiger partial charge in [-0.25, -0.2) is 0 Å². The fourth-order valence-corrected chi connectivity index (χ4v) is 1.58. The maximum Gasteiger partial charge on any atom is 0.325 e. The number of ether oxygens (including phenoxy) is 2. The number of carbonyl (C=O) groups excluding carboxylic acids is 2. The molecule has 1 heterocycles. The van der Waals surface area contributed by atoms with E-state index in [4.69, 9.17) is 9.47 Å². The highest BCUT2D eigenvalue weighted by Gasteiger charge is 2.20. The van der Waals surface area contributed by atoms with Crippen LogP contribution in [0.4, 0.5) is 0 Å². The Labute approximate surface area is 112 Å². The van der Waals surface area contributed by atoms with Gasteiger partial charge in [0.25, 0.3) is 5.91 Å². The number of hydrogen-bond acceptors (Lipinski definition) is 5. The van der Waals surface area contributed by atoms with E-state index in [1.54, 1.807) is 19.9 Å². The highest BCUT2D eigenvalue weighted by molar-refractivity contribution is 5.98. The number of hydrogen-bond donors (Lipinski definition) is 0. The van der Waals surface area contributed by atoms with Crippen LogP contribution in [0.25, 0.3) is 0 Å². The molecule has 0 aliphatic rings. The summed E-state index contributed by atoms with van der Waals surface area (Å²) in [4.78, 5) is 29.0. The Balaban J connectivity index is 2.86. The van der Waals surface area contributed by atoms with Crippen LogP contribution in [-0.2, 0) is 9.53 Å². The van der Waals surface area contributed by atoms with Crippen molar-refractivity contribution in [2.24, 2.45) is 0 Å². The molecule has 0 aliphatic heterocycles. The highest BCUT2D eigenvalue weighted by atomic mass is 16.5. The Bertz CT molecular complexity index is 448. The Kier molecular flexibility index (Phi) is 5.78. The first-order valence-corrected chi connectivity index (χ1v) is 6.06. The third kappa shape index (κ3) is 3.94. The van der Waals surface area contributed by atoms with Crippen molar-refractivity contribution in [2.45, 2.75) is 13.8 Å². The minimum absolute atomic E-state index is 0.0748. The lowest BCUT2D eigenvalue weighted by atomic mass is 10.2. The number of rotatable bonds is 6. The summed E-state index contributed by atoms with van der Waals surface area (Å²) in [7, 11) is 1.47. The summed E-state index contributed by atoms with van der Waals surface area (Å²) in [6.07, 6.45) is 2.97. The lowest BCUT2D eigenvalue weighted by Gasteiger charge is -2.20. The molecule has 6 heteroatoms. The number of aromatic nitrogens is 1. The number of nitrogens with zero attached hydrogens (tertiary/aromatic N) is 2. The molecule has 0 aliphatic carbocycles. The van der Waals surface area contributed by atoms with Crippen LogP contribution in [-0.4, -0.2) is 48.6 Å². The van der Waals surface area contributed by atoms with E-state index < -0.39 is 5.97 Å². The largest absolute Gasteiger partial charge is 0.494 e. The third-order valence-corrected chi connectivity index (χ3v) is 2.53. The van der Waals surface area contributed by atoms with Gasteiger partial charge in [-0.3, -0.25) is 14.6 Å². The summed E-state index contributed by atoms with van der Waals surface area (Å²) in [5.74, 6) is -0.324. The number of carbonyl (C=O) groups is 2. The maximum absolute atomic E-state index is 12.3. The average molecular weight is 266 g/mol. The topological polar surface area (TPSA) is 68.7 Å². The van der Waals surface area contributed by atoms with E-state index in [9.17, 15) is 9.59 Å². The lowest BCUT2D eigenvalue weighted by Crippen LogP contribution is -2.36. The van der Waals surface area contributed by atoms with E-state index in [2.05, 4.69) is 4.98 Å². The molecule has 1 aromatic rings. The summed E-state index contributed by atoms with van der Waals surface area (Å²) < 4.78 is 9.93. The van der Waals surface area contributed by atoms with E-state index in [0.29, 0.717) is 24.5 Å². The molecular formula is C13H18N2O4. The van der Waals surface area contributed by atoms with Crippen LogP contribution in [0.2, 0.25) is 0 Å². The summed E-state index contributed by atoms with van der Waals surface area (Å²) >= 11 is 0. The van der Waals surface area contributed by atoms with Crippen LogP contribution >= 0.6 is 0 Å². The van der Waals surface area contributed by atoms with Gasteiger partial charge in [0.15, 0.2) is 0 Å². The van der Waals surface area contributed by atoms with Crippen LogP contribution in [0.3, 0.4) is 0 Å². The summed E-state index contributed by atoms with van der Waals surface area (Å²) in [6, 6.07) is 1.56. The molecule has 0 saturated carbocycles. The molecule has 0 spiro atoms. The third-order valence-electron chi connectivity index (χ3n) is 2.53. The molecule has 0 radical (unpaired) electrons. The number of likely N-dealkylation sites (N-methyl/N-ethyl adjacent to an activating group) is 1. The van der Waals surface area contributed by atoms with Gasteiger partial charge in [0.2, 0.25) is 0 Å². The van der Waals surface area contributed by atoms with Crippen LogP contribution in [0.5, 0.6) is 5.75 Å². The standard InChI is InChI=1S/C13H18N2O4/c1-4-15(9-12(16)19-5-2)13(17)10-6-7-14-8-11(10)18-3/h6-8H,4-5,9H2,1-3H3. The second-order valence-corrected chi connectivity index (χ2v) is 3.70. The summed E-state index contributed by atoms with van der Waals surface area (Å²) in [5.41, 5.74) is 0.378. The molecule has 0 bridgehead atoms. The van der Waals surface area contributed by atoms with Gasteiger partial charge in [-0.1, -0.05) is 0 Å². The summed E-state index contributed by atoms with van der Waals surface area (Å²) in [6.45, 7) is 4.15. The monoisotopic (exact) mass is 266 g/mol. The van der Waals surface area contributed by atoms with Crippen molar-refractivity contribution in [3.05, 3.63) is 24.0 Å². The van der Waals surface area contributed by atoms with Crippen molar-refractivity contribution in [1.82, 2.24) is 9.88 Å². The quantitative estimate of drug-likeness (QED) is 0.722. The second-order valence-electron chi connectivity index (χ2n) is 3.70. The molecule has 0 atom stereocenters. The number of pyridine rings is 1. The zero-order chi connectivity index (χ0) is 14.3. The van der Waals surface area contributed by atoms with E-state index in [1.165, 1.54) is 24.4 Å². The number of amides is 1. The van der Waals surface area contributed by atoms with Gasteiger partial charge in [0.05, 0.1) is 25.5 Å². The molecule has 0 fully saturated rings. The Morgan fingerprint density at radius 2 is 2.11 bits per heavy atom. The van der Waals surface area contributed by atoms with E-state index in [0.717, 1.165) is 0 Å². The fraction of sp³-hybridized carbons (Fsp3) is 0.462. The van der Waals surface area contributed by atoms with Crippen molar-refractivity contribution in [3.8, 4) is 5.75 Å². The molecule has 0 saturated heterocycles. The van der Waals surface area contributed by atoms with E-state index in [1.807, 2.05) is 0 Å². The molecule has 1 amide bonds. The van der Waals surface area contributed by atoms with Crippen molar-refractivity contribution >= 4 is 11.9 Å². The van der Waals surface area contributed by atoms with Crippen LogP contribution in [0.1, 0.15) is 24.2 Å². The predicted octanol–water partition coefficient (Wildman–Crippen LogP) is 1.12. The van der Waals surface area contributed by atoms with Gasteiger partial charge in [-0.05, 0) is 19.9 Å². The summed E-state index contributed by atoms with van der Waals surface area (Å²) in [5, 5.41) is 0. The van der Waals surface area contributed by atoms with E-state index >= 15 is 0 Å². The fourth-order valence-electron chi connectivity index (χ4n) is 1.58. The molecule has 0 unspecified atom stereocenters. The average Bonchev–Trinajstić information content (AvgIpc) is 2.44. The zero-order valence-corrected chi connectivity index (χ0v) is 11.4. The van der Waals surface area contributed by atoms with Gasteiger partial charge < -0.3 is 14.4 Å². The first-order valence-electron chi connectivity index (χ1n) is 6.06. The van der Waals surface area contributed by atoms with Gasteiger partial charge >= 0.3 is 5.97 Å². The van der Waals surface area contributed by atoms with Crippen LogP contribution in [0, 0.1) is 0 Å². The second kappa shape index (κ2) is 7.35. The molecule has 19 heavy (non-hydrogen) atoms. The molecule has 0 aromatic carbocycles. The van der Waals surface area contributed by atoms with Crippen molar-refractivity contribution < 1.29 is 19.1 Å². The predicted molar refractivity (Wildman–Crippen MR) is 69.0 cm³/mol. The first kappa shape index (κ1) is 14.9. The van der Waals surface area contributed by atoms with Crippen LogP contribution < -0.4 is 4.74 Å². The highest BCUT2D eigenvalue weighted by Crippen LogP contribution is 2.17. The molecule has 0 N–H and O–H groups in total. The number of esters is 1. The first-order chi connectivity index (χ1) is 9.13. The number of methoxy groups -OCH3 is 1. The van der Waals surface area contributed by atoms with Crippen molar-refractivity contribution in [1.29, 1.82) is 0 Å². The van der Waals surface area contributed by atoms with Gasteiger partial charge in [0, 0.05) is 12.7 Å². The minimum Gasteiger partial charge on any atom is -0.494 e. The Hall–Kier alpha value is -2.11. The molecule has 1 aromatic heterocycles. The molecule has 1 rings (SSSR count). The normalized spacial score (nSPS) is 9.84. The zero-order valence-electron chi connectivity index (χ0n) is 11.4. The van der Waals surface area contributed by atoms with Gasteiger partial charge in [-0.15, -0.1) is 0 Å². The molecular weight excluding hydrogens is 248 g/mol. The Morgan fingerprint density at radius 1 is 1.37 bits per heavy atom. The SMILES string of the molecule is CCOC(=O)CN(CC)C(=O)c1ccncc1OC. The lowest BCUT2D eigenvalue weighted by molar-refractivity contribution is -0.143. The minimum atomic E-state index is -0.425. The van der Waals surface area contributed by atoms with Gasteiger partial charge in [0.1, 0.15) is 12.3 Å². The van der Waals surface area contributed by atoms with Gasteiger partial charge in [-0.2, -0.15) is 0 Å². The Morgan fingerprint density at radius 3 is 2.68 bits per heavy atom. The molecule has 104 valence electrons. The van der Waals surface area contributed by atoms with E-state index in [-0.39, 0.29) is 12.5 Å². The molecule has 6 nitrogen and oxygen atoms in total.